The minimum absolute atomic E-state index is 0.146. The van der Waals surface area contributed by atoms with Gasteiger partial charge in [-0.3, -0.25) is 4.79 Å². The fourth-order valence-corrected chi connectivity index (χ4v) is 5.07. The van der Waals surface area contributed by atoms with Crippen LogP contribution in [0.1, 0.15) is 40.7 Å². The van der Waals surface area contributed by atoms with Crippen LogP contribution in [-0.2, 0) is 16.6 Å². The average Bonchev–Trinajstić information content (AvgIpc) is 2.79. The van der Waals surface area contributed by atoms with E-state index >= 15 is 0 Å². The van der Waals surface area contributed by atoms with Crippen LogP contribution in [0.25, 0.3) is 0 Å². The maximum atomic E-state index is 13.1. The maximum absolute atomic E-state index is 13.1. The first-order chi connectivity index (χ1) is 14.5. The van der Waals surface area contributed by atoms with Crippen LogP contribution >= 0.6 is 0 Å². The number of sulfonamides is 1. The molecule has 7 heteroatoms. The Labute approximate surface area is 178 Å². The van der Waals surface area contributed by atoms with Gasteiger partial charge in [-0.15, -0.1) is 6.58 Å². The zero-order chi connectivity index (χ0) is 21.6. The first-order valence-corrected chi connectivity index (χ1v) is 11.4. The second-order valence-corrected chi connectivity index (χ2v) is 9.21. The highest BCUT2D eigenvalue weighted by Gasteiger charge is 2.27. The summed E-state index contributed by atoms with van der Waals surface area (Å²) in [4.78, 5) is 14.9. The van der Waals surface area contributed by atoms with Crippen molar-refractivity contribution in [3.05, 3.63) is 77.9 Å². The molecule has 1 aliphatic rings. The van der Waals surface area contributed by atoms with Gasteiger partial charge in [0.25, 0.3) is 5.91 Å². The van der Waals surface area contributed by atoms with Gasteiger partial charge in [0.2, 0.25) is 10.0 Å². The molecular weight excluding hydrogens is 398 g/mol. The quantitative estimate of drug-likeness (QED) is 0.638. The molecule has 0 saturated carbocycles. The van der Waals surface area contributed by atoms with E-state index in [1.807, 2.05) is 0 Å². The summed E-state index contributed by atoms with van der Waals surface area (Å²) < 4.78 is 27.4. The van der Waals surface area contributed by atoms with Crippen LogP contribution in [-0.4, -0.2) is 43.2 Å². The first kappa shape index (κ1) is 21.8. The van der Waals surface area contributed by atoms with Crippen molar-refractivity contribution in [2.45, 2.75) is 30.7 Å². The van der Waals surface area contributed by atoms with Crippen LogP contribution in [0.3, 0.4) is 0 Å². The standard InChI is InChI=1S/C23H25N3O3S/c1-2-13-25(18-20-11-9-19(17-24)10-12-20)23(27)21-7-6-8-22(16-21)30(28,29)26-14-4-3-5-15-26/h2,6-12,16H,1,3-5,13-15,18H2. The van der Waals surface area contributed by atoms with E-state index in [0.717, 1.165) is 24.8 Å². The Morgan fingerprint density at radius 1 is 1.13 bits per heavy atom. The van der Waals surface area contributed by atoms with Gasteiger partial charge in [-0.25, -0.2) is 8.42 Å². The third kappa shape index (κ3) is 4.96. The van der Waals surface area contributed by atoms with Gasteiger partial charge in [-0.2, -0.15) is 9.57 Å². The predicted octanol–water partition coefficient (Wildman–Crippen LogP) is 3.56. The molecule has 156 valence electrons. The highest BCUT2D eigenvalue weighted by atomic mass is 32.2. The van der Waals surface area contributed by atoms with Crippen LogP contribution < -0.4 is 0 Å². The summed E-state index contributed by atoms with van der Waals surface area (Å²) in [5.41, 5.74) is 1.75. The van der Waals surface area contributed by atoms with Gasteiger partial charge >= 0.3 is 0 Å². The molecule has 0 atom stereocenters. The Balaban J connectivity index is 1.83. The molecule has 2 aromatic rings. The number of nitrogens with zero attached hydrogens (tertiary/aromatic N) is 3. The predicted molar refractivity (Wildman–Crippen MR) is 115 cm³/mol. The second-order valence-electron chi connectivity index (χ2n) is 7.28. The van der Waals surface area contributed by atoms with Gasteiger partial charge in [0.15, 0.2) is 0 Å². The third-order valence-electron chi connectivity index (χ3n) is 5.13. The van der Waals surface area contributed by atoms with E-state index in [9.17, 15) is 13.2 Å². The second kappa shape index (κ2) is 9.70. The molecule has 0 bridgehead atoms. The molecule has 0 N–H and O–H groups in total. The SMILES string of the molecule is C=CCN(Cc1ccc(C#N)cc1)C(=O)c1cccc(S(=O)(=O)N2CCCCC2)c1. The molecule has 0 radical (unpaired) electrons. The van der Waals surface area contributed by atoms with E-state index in [1.165, 1.54) is 10.4 Å². The van der Waals surface area contributed by atoms with Crippen molar-refractivity contribution in [3.8, 4) is 6.07 Å². The highest BCUT2D eigenvalue weighted by Crippen LogP contribution is 2.22. The lowest BCUT2D eigenvalue weighted by molar-refractivity contribution is 0.0762. The molecule has 1 amide bonds. The topological polar surface area (TPSA) is 81.5 Å². The number of amides is 1. The zero-order valence-electron chi connectivity index (χ0n) is 16.8. The summed E-state index contributed by atoms with van der Waals surface area (Å²) in [7, 11) is -3.61. The Bertz CT molecular complexity index is 1050. The molecule has 0 unspecified atom stereocenters. The normalized spacial score (nSPS) is 14.6. The van der Waals surface area contributed by atoms with Crippen LogP contribution in [0, 0.1) is 11.3 Å². The van der Waals surface area contributed by atoms with Crippen LogP contribution in [0.4, 0.5) is 0 Å². The lowest BCUT2D eigenvalue weighted by atomic mass is 10.1. The number of benzene rings is 2. The largest absolute Gasteiger partial charge is 0.331 e. The van der Waals surface area contributed by atoms with Crippen LogP contribution in [0.15, 0.2) is 66.1 Å². The lowest BCUT2D eigenvalue weighted by Gasteiger charge is -2.26. The molecule has 30 heavy (non-hydrogen) atoms. The van der Waals surface area contributed by atoms with Crippen molar-refractivity contribution in [1.82, 2.24) is 9.21 Å². The van der Waals surface area contributed by atoms with Gasteiger partial charge in [0.1, 0.15) is 0 Å². The molecule has 1 fully saturated rings. The van der Waals surface area contributed by atoms with Crippen LogP contribution in [0.5, 0.6) is 0 Å². The number of hydrogen-bond acceptors (Lipinski definition) is 4. The molecule has 0 aromatic heterocycles. The molecule has 1 heterocycles. The fourth-order valence-electron chi connectivity index (χ4n) is 3.51. The van der Waals surface area contributed by atoms with Crippen molar-refractivity contribution in [2.24, 2.45) is 0 Å². The van der Waals surface area contributed by atoms with E-state index in [-0.39, 0.29) is 10.8 Å². The number of hydrogen-bond donors (Lipinski definition) is 0. The van der Waals surface area contributed by atoms with E-state index in [0.29, 0.717) is 37.3 Å². The van der Waals surface area contributed by atoms with E-state index in [1.54, 1.807) is 53.4 Å². The Morgan fingerprint density at radius 3 is 2.47 bits per heavy atom. The zero-order valence-corrected chi connectivity index (χ0v) is 17.6. The summed E-state index contributed by atoms with van der Waals surface area (Å²) in [6, 6.07) is 15.3. The Morgan fingerprint density at radius 2 is 1.83 bits per heavy atom. The smallest absolute Gasteiger partial charge is 0.254 e. The number of nitriles is 1. The first-order valence-electron chi connectivity index (χ1n) is 9.95. The van der Waals surface area contributed by atoms with Crippen molar-refractivity contribution in [2.75, 3.05) is 19.6 Å². The fraction of sp³-hybridized carbons (Fsp3) is 0.304. The van der Waals surface area contributed by atoms with Crippen LogP contribution in [0.2, 0.25) is 0 Å². The average molecular weight is 424 g/mol. The van der Waals surface area contributed by atoms with E-state index in [2.05, 4.69) is 12.6 Å². The highest BCUT2D eigenvalue weighted by molar-refractivity contribution is 7.89. The Kier molecular flexibility index (Phi) is 7.03. The van der Waals surface area contributed by atoms with E-state index < -0.39 is 10.0 Å². The number of carbonyl (C=O) groups is 1. The summed E-state index contributed by atoms with van der Waals surface area (Å²) in [6.45, 7) is 5.41. The summed E-state index contributed by atoms with van der Waals surface area (Å²) in [5.74, 6) is -0.269. The van der Waals surface area contributed by atoms with Crippen molar-refractivity contribution in [3.63, 3.8) is 0 Å². The molecule has 1 aliphatic heterocycles. The third-order valence-corrected chi connectivity index (χ3v) is 7.02. The monoisotopic (exact) mass is 423 g/mol. The number of carbonyl (C=O) groups excluding carboxylic acids is 1. The number of rotatable bonds is 7. The van der Waals surface area contributed by atoms with Crippen molar-refractivity contribution >= 4 is 15.9 Å². The van der Waals surface area contributed by atoms with E-state index in [4.69, 9.17) is 5.26 Å². The lowest BCUT2D eigenvalue weighted by Crippen LogP contribution is -2.36. The summed E-state index contributed by atoms with van der Waals surface area (Å²) in [5, 5.41) is 8.94. The molecule has 1 saturated heterocycles. The Hall–Kier alpha value is -2.95. The maximum Gasteiger partial charge on any atom is 0.254 e. The van der Waals surface area contributed by atoms with Gasteiger partial charge in [0, 0.05) is 31.7 Å². The summed E-state index contributed by atoms with van der Waals surface area (Å²) in [6.07, 6.45) is 4.39. The molecule has 0 aliphatic carbocycles. The van der Waals surface area contributed by atoms with Gasteiger partial charge < -0.3 is 4.90 Å². The molecule has 6 nitrogen and oxygen atoms in total. The minimum atomic E-state index is -3.61. The summed E-state index contributed by atoms with van der Waals surface area (Å²) >= 11 is 0. The molecule has 0 spiro atoms. The minimum Gasteiger partial charge on any atom is -0.331 e. The van der Waals surface area contributed by atoms with Gasteiger partial charge in [-0.1, -0.05) is 30.7 Å². The number of piperidine rings is 1. The van der Waals surface area contributed by atoms with Gasteiger partial charge in [0.05, 0.1) is 16.5 Å². The van der Waals surface area contributed by atoms with Gasteiger partial charge in [-0.05, 0) is 48.7 Å². The van der Waals surface area contributed by atoms with Crippen molar-refractivity contribution < 1.29 is 13.2 Å². The molecule has 3 rings (SSSR count). The molecular formula is C23H25N3O3S. The molecule has 2 aromatic carbocycles. The van der Waals surface area contributed by atoms with Crippen molar-refractivity contribution in [1.29, 1.82) is 5.26 Å².